The predicted molar refractivity (Wildman–Crippen MR) is 128 cm³/mol. The summed E-state index contributed by atoms with van der Waals surface area (Å²) in [5.41, 5.74) is 2.03. The summed E-state index contributed by atoms with van der Waals surface area (Å²) >= 11 is 0. The molecule has 2 aliphatic rings. The summed E-state index contributed by atoms with van der Waals surface area (Å²) in [5, 5.41) is 3.05. The van der Waals surface area contributed by atoms with Gasteiger partial charge in [0.25, 0.3) is 0 Å². The summed E-state index contributed by atoms with van der Waals surface area (Å²) in [6.45, 7) is 11.9. The molecular formula is C24H39N3O3S. The maximum Gasteiger partial charge on any atom is 0.227 e. The van der Waals surface area contributed by atoms with Crippen LogP contribution in [0.4, 0.5) is 11.4 Å². The SMILES string of the molecule is CC1CC(C)CN(c2ccc(NC(=O)[C@H]3CC[C@H](NS(=O)(=O)C(C)(C)C)CC3)cc2)C1. The molecule has 0 radical (unpaired) electrons. The molecule has 1 aromatic carbocycles. The van der Waals surface area contributed by atoms with E-state index in [1.165, 1.54) is 12.1 Å². The van der Waals surface area contributed by atoms with Gasteiger partial charge in [-0.2, -0.15) is 0 Å². The van der Waals surface area contributed by atoms with Crippen LogP contribution in [-0.2, 0) is 14.8 Å². The lowest BCUT2D eigenvalue weighted by molar-refractivity contribution is -0.120. The predicted octanol–water partition coefficient (Wildman–Crippen LogP) is 4.38. The van der Waals surface area contributed by atoms with Crippen molar-refractivity contribution in [1.82, 2.24) is 4.72 Å². The second-order valence-corrected chi connectivity index (χ2v) is 13.1. The van der Waals surface area contributed by atoms with Crippen molar-refractivity contribution < 1.29 is 13.2 Å². The smallest absolute Gasteiger partial charge is 0.227 e. The van der Waals surface area contributed by atoms with Gasteiger partial charge in [-0.05, 0) is 89.0 Å². The van der Waals surface area contributed by atoms with Crippen LogP contribution in [0.5, 0.6) is 0 Å². The first-order chi connectivity index (χ1) is 14.4. The fourth-order valence-electron chi connectivity index (χ4n) is 4.74. The first-order valence-corrected chi connectivity index (χ1v) is 13.1. The van der Waals surface area contributed by atoms with E-state index in [1.807, 2.05) is 12.1 Å². The molecule has 1 aromatic rings. The van der Waals surface area contributed by atoms with Crippen LogP contribution in [0.2, 0.25) is 0 Å². The van der Waals surface area contributed by atoms with Crippen LogP contribution in [0, 0.1) is 17.8 Å². The third-order valence-electron chi connectivity index (χ3n) is 6.59. The maximum absolute atomic E-state index is 12.7. The molecule has 174 valence electrons. The molecular weight excluding hydrogens is 410 g/mol. The summed E-state index contributed by atoms with van der Waals surface area (Å²) in [5.74, 6) is 1.36. The summed E-state index contributed by atoms with van der Waals surface area (Å²) in [4.78, 5) is 15.2. The van der Waals surface area contributed by atoms with Crippen LogP contribution in [-0.4, -0.2) is 38.2 Å². The number of carbonyl (C=O) groups excluding carboxylic acids is 1. The van der Waals surface area contributed by atoms with Gasteiger partial charge in [0.1, 0.15) is 0 Å². The number of amides is 1. The van der Waals surface area contributed by atoms with Crippen molar-refractivity contribution in [3.05, 3.63) is 24.3 Å². The van der Waals surface area contributed by atoms with Gasteiger partial charge in [0.15, 0.2) is 0 Å². The van der Waals surface area contributed by atoms with E-state index in [2.05, 4.69) is 40.9 Å². The number of carbonyl (C=O) groups is 1. The molecule has 2 N–H and O–H groups in total. The second-order valence-electron chi connectivity index (χ2n) is 10.7. The summed E-state index contributed by atoms with van der Waals surface area (Å²) in [6, 6.07) is 8.08. The number of nitrogens with zero attached hydrogens (tertiary/aromatic N) is 1. The minimum atomic E-state index is -3.36. The molecule has 6 nitrogen and oxygen atoms in total. The molecule has 1 heterocycles. The van der Waals surface area contributed by atoms with E-state index < -0.39 is 14.8 Å². The maximum atomic E-state index is 12.7. The van der Waals surface area contributed by atoms with Gasteiger partial charge in [-0.15, -0.1) is 0 Å². The Bertz CT molecular complexity index is 843. The molecule has 7 heteroatoms. The minimum Gasteiger partial charge on any atom is -0.371 e. The van der Waals surface area contributed by atoms with Crippen LogP contribution in [0.3, 0.4) is 0 Å². The van der Waals surface area contributed by atoms with Crippen molar-refractivity contribution in [2.24, 2.45) is 17.8 Å². The number of benzene rings is 1. The van der Waals surface area contributed by atoms with Gasteiger partial charge in [-0.25, -0.2) is 13.1 Å². The number of nitrogens with one attached hydrogen (secondary N) is 2. The molecule has 0 bridgehead atoms. The average molecular weight is 450 g/mol. The van der Waals surface area contributed by atoms with E-state index in [0.29, 0.717) is 37.5 Å². The van der Waals surface area contributed by atoms with Crippen molar-refractivity contribution in [2.45, 2.75) is 77.5 Å². The molecule has 2 atom stereocenters. The Labute approximate surface area is 188 Å². The van der Waals surface area contributed by atoms with Gasteiger partial charge < -0.3 is 10.2 Å². The van der Waals surface area contributed by atoms with Crippen LogP contribution in [0.25, 0.3) is 0 Å². The molecule has 3 rings (SSSR count). The number of hydrogen-bond donors (Lipinski definition) is 2. The van der Waals surface area contributed by atoms with Crippen molar-refractivity contribution >= 4 is 27.3 Å². The molecule has 31 heavy (non-hydrogen) atoms. The van der Waals surface area contributed by atoms with Crippen molar-refractivity contribution in [2.75, 3.05) is 23.3 Å². The molecule has 2 fully saturated rings. The first kappa shape index (κ1) is 24.1. The first-order valence-electron chi connectivity index (χ1n) is 11.6. The van der Waals surface area contributed by atoms with Crippen LogP contribution >= 0.6 is 0 Å². The molecule has 0 aromatic heterocycles. The second kappa shape index (κ2) is 9.49. The Morgan fingerprint density at radius 1 is 0.968 bits per heavy atom. The molecule has 1 amide bonds. The number of rotatable bonds is 5. The molecule has 1 aliphatic carbocycles. The van der Waals surface area contributed by atoms with E-state index in [9.17, 15) is 13.2 Å². The Morgan fingerprint density at radius 2 is 1.52 bits per heavy atom. The van der Waals surface area contributed by atoms with E-state index in [0.717, 1.165) is 18.8 Å². The van der Waals surface area contributed by atoms with Crippen molar-refractivity contribution in [3.8, 4) is 0 Å². The van der Waals surface area contributed by atoms with E-state index in [1.54, 1.807) is 20.8 Å². The largest absolute Gasteiger partial charge is 0.371 e. The summed E-state index contributed by atoms with van der Waals surface area (Å²) < 4.78 is 26.7. The fraction of sp³-hybridized carbons (Fsp3) is 0.708. The molecule has 0 spiro atoms. The van der Waals surface area contributed by atoms with Crippen LogP contribution in [0.15, 0.2) is 24.3 Å². The topological polar surface area (TPSA) is 78.5 Å². The highest BCUT2D eigenvalue weighted by molar-refractivity contribution is 7.90. The highest BCUT2D eigenvalue weighted by atomic mass is 32.2. The quantitative estimate of drug-likeness (QED) is 0.699. The Kier molecular flexibility index (Phi) is 7.36. The third-order valence-corrected chi connectivity index (χ3v) is 8.85. The summed E-state index contributed by atoms with van der Waals surface area (Å²) in [7, 11) is -3.36. The van der Waals surface area contributed by atoms with Gasteiger partial charge in [-0.3, -0.25) is 4.79 Å². The third kappa shape index (κ3) is 6.22. The van der Waals surface area contributed by atoms with Crippen LogP contribution < -0.4 is 14.9 Å². The minimum absolute atomic E-state index is 0.0325. The molecule has 1 saturated carbocycles. The normalized spacial score (nSPS) is 27.7. The highest BCUT2D eigenvalue weighted by Gasteiger charge is 2.34. The lowest BCUT2D eigenvalue weighted by atomic mass is 9.86. The van der Waals surface area contributed by atoms with Gasteiger partial charge in [0.2, 0.25) is 15.9 Å². The van der Waals surface area contributed by atoms with Gasteiger partial charge in [-0.1, -0.05) is 13.8 Å². The molecule has 1 saturated heterocycles. The van der Waals surface area contributed by atoms with E-state index >= 15 is 0 Å². The zero-order valence-electron chi connectivity index (χ0n) is 19.6. The molecule has 1 aliphatic heterocycles. The van der Waals surface area contributed by atoms with E-state index in [4.69, 9.17) is 0 Å². The average Bonchev–Trinajstić information content (AvgIpc) is 2.67. The number of anilines is 2. The van der Waals surface area contributed by atoms with Crippen molar-refractivity contribution in [3.63, 3.8) is 0 Å². The van der Waals surface area contributed by atoms with Crippen molar-refractivity contribution in [1.29, 1.82) is 0 Å². The Balaban J connectivity index is 1.50. The zero-order chi connectivity index (χ0) is 22.8. The number of sulfonamides is 1. The van der Waals surface area contributed by atoms with Gasteiger partial charge in [0, 0.05) is 36.4 Å². The Morgan fingerprint density at radius 3 is 2.03 bits per heavy atom. The number of piperidine rings is 1. The lowest BCUT2D eigenvalue weighted by Crippen LogP contribution is -2.46. The highest BCUT2D eigenvalue weighted by Crippen LogP contribution is 2.29. The summed E-state index contributed by atoms with van der Waals surface area (Å²) in [6.07, 6.45) is 4.06. The Hall–Kier alpha value is -1.60. The monoisotopic (exact) mass is 449 g/mol. The lowest BCUT2D eigenvalue weighted by Gasteiger charge is -2.36. The standard InChI is InChI=1S/C24H39N3O3S/c1-17-14-18(2)16-27(15-17)22-12-10-20(11-13-22)25-23(28)19-6-8-21(9-7-19)26-31(29,30)24(3,4)5/h10-13,17-19,21,26H,6-9,14-16H2,1-5H3,(H,25,28)/t17?,18?,19-,21-. The zero-order valence-corrected chi connectivity index (χ0v) is 20.5. The van der Waals surface area contributed by atoms with Gasteiger partial charge in [0.05, 0.1) is 4.75 Å². The fourth-order valence-corrected chi connectivity index (χ4v) is 5.77. The van der Waals surface area contributed by atoms with Crippen LogP contribution in [0.1, 0.15) is 66.7 Å². The van der Waals surface area contributed by atoms with E-state index in [-0.39, 0.29) is 17.9 Å². The number of hydrogen-bond acceptors (Lipinski definition) is 4. The van der Waals surface area contributed by atoms with Gasteiger partial charge >= 0.3 is 0 Å². The molecule has 2 unspecified atom stereocenters.